The first-order chi connectivity index (χ1) is 7.60. The van der Waals surface area contributed by atoms with Gasteiger partial charge in [0.25, 0.3) is 0 Å². The molecule has 0 aliphatic heterocycles. The van der Waals surface area contributed by atoms with Gasteiger partial charge in [-0.25, -0.2) is 0 Å². The van der Waals surface area contributed by atoms with Crippen molar-refractivity contribution in [1.29, 1.82) is 0 Å². The molecule has 0 aromatic rings. The van der Waals surface area contributed by atoms with E-state index in [1.165, 1.54) is 25.7 Å². The maximum absolute atomic E-state index is 3.48. The van der Waals surface area contributed by atoms with Crippen molar-refractivity contribution in [3.05, 3.63) is 11.6 Å². The summed E-state index contributed by atoms with van der Waals surface area (Å²) in [5.74, 6) is 1.65. The molecule has 1 N–H and O–H groups in total. The zero-order valence-electron chi connectivity index (χ0n) is 12.0. The lowest BCUT2D eigenvalue weighted by molar-refractivity contribution is 0.487. The molecule has 0 saturated heterocycles. The molecule has 0 rings (SSSR count). The van der Waals surface area contributed by atoms with E-state index in [4.69, 9.17) is 0 Å². The van der Waals surface area contributed by atoms with Crippen LogP contribution in [-0.2, 0) is 0 Å². The van der Waals surface area contributed by atoms with Crippen molar-refractivity contribution in [1.82, 2.24) is 5.32 Å². The molecular weight excluding hydrogens is 194 g/mol. The first-order valence-electron chi connectivity index (χ1n) is 6.96. The van der Waals surface area contributed by atoms with Crippen LogP contribution < -0.4 is 5.32 Å². The summed E-state index contributed by atoms with van der Waals surface area (Å²) in [6.07, 6.45) is 7.50. The van der Waals surface area contributed by atoms with Gasteiger partial charge in [-0.2, -0.15) is 0 Å². The zero-order valence-corrected chi connectivity index (χ0v) is 12.0. The maximum Gasteiger partial charge on any atom is -0.00141 e. The van der Waals surface area contributed by atoms with Crippen LogP contribution in [0.4, 0.5) is 0 Å². The standard InChI is InChI=1S/C15H31N/c1-6-15(7-2)11-14(5)9-8-10-16-12-13(3)4/h9,13,15-16H,6-8,10-12H2,1-5H3. The molecule has 0 atom stereocenters. The van der Waals surface area contributed by atoms with E-state index in [-0.39, 0.29) is 0 Å². The van der Waals surface area contributed by atoms with Gasteiger partial charge in [-0.3, -0.25) is 0 Å². The minimum absolute atomic E-state index is 0.759. The summed E-state index contributed by atoms with van der Waals surface area (Å²) in [6.45, 7) is 13.6. The van der Waals surface area contributed by atoms with Crippen LogP contribution in [0.2, 0.25) is 0 Å². The van der Waals surface area contributed by atoms with Crippen molar-refractivity contribution in [3.63, 3.8) is 0 Å². The topological polar surface area (TPSA) is 12.0 Å². The van der Waals surface area contributed by atoms with Crippen LogP contribution >= 0.6 is 0 Å². The highest BCUT2D eigenvalue weighted by Crippen LogP contribution is 2.18. The second kappa shape index (κ2) is 9.89. The minimum Gasteiger partial charge on any atom is -0.316 e. The molecule has 0 amide bonds. The van der Waals surface area contributed by atoms with Crippen LogP contribution in [0, 0.1) is 11.8 Å². The normalized spacial score (nSPS) is 12.8. The van der Waals surface area contributed by atoms with Crippen LogP contribution in [0.1, 0.15) is 60.3 Å². The molecule has 0 unspecified atom stereocenters. The Labute approximate surface area is 103 Å². The fourth-order valence-electron chi connectivity index (χ4n) is 1.93. The van der Waals surface area contributed by atoms with Gasteiger partial charge in [0.2, 0.25) is 0 Å². The van der Waals surface area contributed by atoms with Gasteiger partial charge in [-0.05, 0) is 44.7 Å². The molecule has 0 aliphatic carbocycles. The lowest BCUT2D eigenvalue weighted by Gasteiger charge is -2.12. The van der Waals surface area contributed by atoms with E-state index in [0.29, 0.717) is 0 Å². The molecule has 0 aliphatic rings. The molecular formula is C15H31N. The largest absolute Gasteiger partial charge is 0.316 e. The Bertz CT molecular complexity index is 178. The zero-order chi connectivity index (χ0) is 12.4. The monoisotopic (exact) mass is 225 g/mol. The van der Waals surface area contributed by atoms with Gasteiger partial charge in [0, 0.05) is 0 Å². The number of nitrogens with one attached hydrogen (secondary N) is 1. The Balaban J connectivity index is 3.61. The summed E-state index contributed by atoms with van der Waals surface area (Å²) in [4.78, 5) is 0. The molecule has 1 heteroatoms. The van der Waals surface area contributed by atoms with Crippen molar-refractivity contribution in [2.75, 3.05) is 13.1 Å². The van der Waals surface area contributed by atoms with Crippen molar-refractivity contribution in [3.8, 4) is 0 Å². The van der Waals surface area contributed by atoms with Crippen LogP contribution in [0.25, 0.3) is 0 Å². The van der Waals surface area contributed by atoms with E-state index in [1.807, 2.05) is 0 Å². The van der Waals surface area contributed by atoms with Gasteiger partial charge >= 0.3 is 0 Å². The Morgan fingerprint density at radius 3 is 2.31 bits per heavy atom. The molecule has 16 heavy (non-hydrogen) atoms. The summed E-state index contributed by atoms with van der Waals surface area (Å²) in [5, 5.41) is 3.48. The summed E-state index contributed by atoms with van der Waals surface area (Å²) in [7, 11) is 0. The third kappa shape index (κ3) is 8.96. The van der Waals surface area contributed by atoms with E-state index < -0.39 is 0 Å². The molecule has 1 nitrogen and oxygen atoms in total. The molecule has 0 aromatic heterocycles. The van der Waals surface area contributed by atoms with Crippen molar-refractivity contribution >= 4 is 0 Å². The van der Waals surface area contributed by atoms with Gasteiger partial charge in [0.1, 0.15) is 0 Å². The molecule has 0 heterocycles. The van der Waals surface area contributed by atoms with Crippen molar-refractivity contribution in [2.24, 2.45) is 11.8 Å². The van der Waals surface area contributed by atoms with Crippen molar-refractivity contribution in [2.45, 2.75) is 60.3 Å². The fraction of sp³-hybridized carbons (Fsp3) is 0.867. The fourth-order valence-corrected chi connectivity index (χ4v) is 1.93. The van der Waals surface area contributed by atoms with Crippen LogP contribution in [0.15, 0.2) is 11.6 Å². The van der Waals surface area contributed by atoms with Crippen LogP contribution in [0.5, 0.6) is 0 Å². The van der Waals surface area contributed by atoms with E-state index >= 15 is 0 Å². The number of hydrogen-bond acceptors (Lipinski definition) is 1. The van der Waals surface area contributed by atoms with E-state index in [9.17, 15) is 0 Å². The molecule has 0 aromatic carbocycles. The average molecular weight is 225 g/mol. The highest BCUT2D eigenvalue weighted by Gasteiger charge is 2.03. The molecule has 0 saturated carbocycles. The first kappa shape index (κ1) is 15.7. The lowest BCUT2D eigenvalue weighted by Crippen LogP contribution is -2.20. The maximum atomic E-state index is 3.48. The molecule has 0 fully saturated rings. The van der Waals surface area contributed by atoms with Gasteiger partial charge < -0.3 is 5.32 Å². The predicted molar refractivity (Wildman–Crippen MR) is 74.8 cm³/mol. The quantitative estimate of drug-likeness (QED) is 0.453. The summed E-state index contributed by atoms with van der Waals surface area (Å²) in [6, 6.07) is 0. The first-order valence-corrected chi connectivity index (χ1v) is 6.96. The Kier molecular flexibility index (Phi) is 9.71. The molecule has 0 bridgehead atoms. The van der Waals surface area contributed by atoms with Gasteiger partial charge in [-0.15, -0.1) is 0 Å². The Hall–Kier alpha value is -0.300. The second-order valence-electron chi connectivity index (χ2n) is 5.32. The molecule has 96 valence electrons. The summed E-state index contributed by atoms with van der Waals surface area (Å²) in [5.41, 5.74) is 1.57. The SMILES string of the molecule is CCC(CC)CC(C)=CCCNCC(C)C. The van der Waals surface area contributed by atoms with E-state index in [1.54, 1.807) is 5.57 Å². The average Bonchev–Trinajstić information content (AvgIpc) is 2.25. The van der Waals surface area contributed by atoms with Gasteiger partial charge in [0.15, 0.2) is 0 Å². The van der Waals surface area contributed by atoms with Crippen LogP contribution in [0.3, 0.4) is 0 Å². The molecule has 0 radical (unpaired) electrons. The van der Waals surface area contributed by atoms with Gasteiger partial charge in [-0.1, -0.05) is 52.2 Å². The number of rotatable bonds is 9. The third-order valence-corrected chi connectivity index (χ3v) is 3.13. The van der Waals surface area contributed by atoms with Crippen LogP contribution in [-0.4, -0.2) is 13.1 Å². The lowest BCUT2D eigenvalue weighted by atomic mass is 9.95. The van der Waals surface area contributed by atoms with Gasteiger partial charge in [0.05, 0.1) is 0 Å². The number of allylic oxidation sites excluding steroid dienone is 1. The highest BCUT2D eigenvalue weighted by molar-refractivity contribution is 4.99. The summed E-state index contributed by atoms with van der Waals surface area (Å²) < 4.78 is 0. The second-order valence-corrected chi connectivity index (χ2v) is 5.32. The predicted octanol–water partition coefficient (Wildman–Crippen LogP) is 4.39. The Morgan fingerprint density at radius 2 is 1.81 bits per heavy atom. The van der Waals surface area contributed by atoms with Crippen molar-refractivity contribution < 1.29 is 0 Å². The highest BCUT2D eigenvalue weighted by atomic mass is 14.8. The minimum atomic E-state index is 0.759. The third-order valence-electron chi connectivity index (χ3n) is 3.13. The van der Waals surface area contributed by atoms with E-state index in [0.717, 1.165) is 24.9 Å². The Morgan fingerprint density at radius 1 is 1.19 bits per heavy atom. The van der Waals surface area contributed by atoms with E-state index in [2.05, 4.69) is 46.0 Å². The molecule has 0 spiro atoms. The smallest absolute Gasteiger partial charge is 0.00141 e. The summed E-state index contributed by atoms with van der Waals surface area (Å²) >= 11 is 0. The number of hydrogen-bond donors (Lipinski definition) is 1.